The average molecular weight is 369 g/mol. The van der Waals surface area contributed by atoms with Gasteiger partial charge in [-0.3, -0.25) is 0 Å². The maximum Gasteiger partial charge on any atom is 0.315 e. The smallest absolute Gasteiger partial charge is 0.315 e. The average Bonchev–Trinajstić information content (AvgIpc) is 2.64. The molecule has 27 heavy (non-hydrogen) atoms. The summed E-state index contributed by atoms with van der Waals surface area (Å²) < 4.78 is 0. The Hall–Kier alpha value is -1.51. The first kappa shape index (κ1) is 18.8. The lowest BCUT2D eigenvalue weighted by Gasteiger charge is -2.56. The van der Waals surface area contributed by atoms with Gasteiger partial charge in [-0.1, -0.05) is 45.0 Å². The Balaban J connectivity index is 1.39. The van der Waals surface area contributed by atoms with E-state index in [-0.39, 0.29) is 17.6 Å². The Morgan fingerprint density at radius 1 is 0.963 bits per heavy atom. The zero-order valence-corrected chi connectivity index (χ0v) is 17.3. The molecule has 0 heterocycles. The van der Waals surface area contributed by atoms with Gasteiger partial charge in [0.25, 0.3) is 0 Å². The van der Waals surface area contributed by atoms with Crippen molar-refractivity contribution in [2.75, 3.05) is 0 Å². The topological polar surface area (TPSA) is 41.1 Å². The number of rotatable bonds is 6. The molecule has 148 valence electrons. The number of benzene rings is 1. The minimum atomic E-state index is 0.0369. The van der Waals surface area contributed by atoms with Crippen LogP contribution >= 0.6 is 0 Å². The molecular formula is C24H36N2O. The highest BCUT2D eigenvalue weighted by Gasteiger charge is 2.51. The van der Waals surface area contributed by atoms with Crippen LogP contribution in [0.4, 0.5) is 4.79 Å². The number of carbonyl (C=O) groups is 1. The zero-order valence-electron chi connectivity index (χ0n) is 17.3. The number of urea groups is 1. The second-order valence-corrected chi connectivity index (χ2v) is 9.73. The molecule has 4 aliphatic rings. The van der Waals surface area contributed by atoms with Crippen LogP contribution in [0.15, 0.2) is 24.3 Å². The maximum absolute atomic E-state index is 12.9. The number of carbonyl (C=O) groups excluding carboxylic acids is 1. The van der Waals surface area contributed by atoms with Crippen LogP contribution in [0, 0.1) is 17.8 Å². The summed E-state index contributed by atoms with van der Waals surface area (Å²) in [6.07, 6.45) is 9.89. The van der Waals surface area contributed by atoms with E-state index < -0.39 is 0 Å². The van der Waals surface area contributed by atoms with E-state index in [1.54, 1.807) is 0 Å². The molecule has 0 aromatic heterocycles. The Morgan fingerprint density at radius 2 is 1.48 bits per heavy atom. The van der Waals surface area contributed by atoms with Crippen LogP contribution in [0.1, 0.15) is 95.2 Å². The van der Waals surface area contributed by atoms with Crippen molar-refractivity contribution in [1.29, 1.82) is 0 Å². The Kier molecular flexibility index (Phi) is 5.22. The van der Waals surface area contributed by atoms with Gasteiger partial charge in [0.05, 0.1) is 6.04 Å². The van der Waals surface area contributed by atoms with E-state index in [0.29, 0.717) is 5.92 Å². The van der Waals surface area contributed by atoms with Crippen LogP contribution in [-0.2, 0) is 0 Å². The monoisotopic (exact) mass is 368 g/mol. The van der Waals surface area contributed by atoms with E-state index in [0.717, 1.165) is 30.6 Å². The van der Waals surface area contributed by atoms with E-state index in [1.807, 2.05) is 0 Å². The Labute approximate surface area is 164 Å². The van der Waals surface area contributed by atoms with Crippen LogP contribution in [0.5, 0.6) is 0 Å². The molecule has 4 saturated carbocycles. The molecule has 0 saturated heterocycles. The number of amides is 2. The largest absolute Gasteiger partial charge is 0.333 e. The molecule has 4 bridgehead atoms. The van der Waals surface area contributed by atoms with Gasteiger partial charge in [0.2, 0.25) is 0 Å². The second-order valence-electron chi connectivity index (χ2n) is 9.73. The fourth-order valence-corrected chi connectivity index (χ4v) is 6.41. The normalized spacial score (nSPS) is 33.5. The third kappa shape index (κ3) is 3.88. The third-order valence-electron chi connectivity index (χ3n) is 7.65. The van der Waals surface area contributed by atoms with Gasteiger partial charge in [0.15, 0.2) is 0 Å². The van der Waals surface area contributed by atoms with Gasteiger partial charge in [0.1, 0.15) is 0 Å². The minimum absolute atomic E-state index is 0.0369. The van der Waals surface area contributed by atoms with Gasteiger partial charge >= 0.3 is 6.03 Å². The fraction of sp³-hybridized carbons (Fsp3) is 0.708. The van der Waals surface area contributed by atoms with Crippen molar-refractivity contribution < 1.29 is 4.79 Å². The summed E-state index contributed by atoms with van der Waals surface area (Å²) in [5, 5.41) is 6.72. The van der Waals surface area contributed by atoms with Crippen LogP contribution in [0.2, 0.25) is 0 Å². The lowest BCUT2D eigenvalue weighted by molar-refractivity contribution is -0.0136. The molecule has 5 rings (SSSR count). The quantitative estimate of drug-likeness (QED) is 0.643. The summed E-state index contributed by atoms with van der Waals surface area (Å²) in [6.45, 7) is 6.64. The van der Waals surface area contributed by atoms with Crippen molar-refractivity contribution in [3.8, 4) is 0 Å². The molecule has 4 aliphatic carbocycles. The number of nitrogens with one attached hydrogen (secondary N) is 2. The van der Waals surface area contributed by atoms with Crippen molar-refractivity contribution in [2.45, 2.75) is 89.6 Å². The van der Waals surface area contributed by atoms with Crippen molar-refractivity contribution in [2.24, 2.45) is 17.8 Å². The summed E-state index contributed by atoms with van der Waals surface area (Å²) in [5.41, 5.74) is 2.68. The summed E-state index contributed by atoms with van der Waals surface area (Å²) in [4.78, 5) is 12.9. The van der Waals surface area contributed by atoms with E-state index in [1.165, 1.54) is 49.7 Å². The highest BCUT2D eigenvalue weighted by molar-refractivity contribution is 5.75. The first-order valence-corrected chi connectivity index (χ1v) is 11.2. The van der Waals surface area contributed by atoms with Crippen molar-refractivity contribution in [1.82, 2.24) is 10.6 Å². The van der Waals surface area contributed by atoms with E-state index in [4.69, 9.17) is 0 Å². The molecular weight excluding hydrogens is 332 g/mol. The molecule has 0 spiro atoms. The van der Waals surface area contributed by atoms with Crippen LogP contribution < -0.4 is 10.6 Å². The maximum atomic E-state index is 12.9. The molecule has 0 aliphatic heterocycles. The molecule has 2 amide bonds. The molecule has 1 aromatic rings. The molecule has 3 nitrogen and oxygen atoms in total. The minimum Gasteiger partial charge on any atom is -0.333 e. The fourth-order valence-electron chi connectivity index (χ4n) is 6.41. The molecule has 4 fully saturated rings. The number of hydrogen-bond donors (Lipinski definition) is 2. The van der Waals surface area contributed by atoms with Crippen LogP contribution in [-0.4, -0.2) is 11.6 Å². The standard InChI is InChI=1S/C24H36N2O/c1-4-16(3)20-6-8-21(9-7-20)22(5-2)25-23(27)26-24-13-17-10-18(14-24)12-19(11-17)15-24/h6-9,16-19,22H,4-5,10-15H2,1-3H3,(H2,25,26,27)/t16-,17?,18?,19?,22+,24?/m1/s1. The predicted octanol–water partition coefficient (Wildman–Crippen LogP) is 5.92. The Bertz CT molecular complexity index is 630. The molecule has 2 atom stereocenters. The summed E-state index contributed by atoms with van der Waals surface area (Å²) in [5.74, 6) is 3.15. The molecule has 3 heteroatoms. The lowest BCUT2D eigenvalue weighted by Crippen LogP contribution is -2.61. The first-order valence-electron chi connectivity index (χ1n) is 11.2. The van der Waals surface area contributed by atoms with E-state index in [2.05, 4.69) is 55.7 Å². The highest BCUT2D eigenvalue weighted by Crippen LogP contribution is 2.55. The summed E-state index contributed by atoms with van der Waals surface area (Å²) >= 11 is 0. The van der Waals surface area contributed by atoms with Crippen LogP contribution in [0.3, 0.4) is 0 Å². The van der Waals surface area contributed by atoms with Gasteiger partial charge in [0, 0.05) is 5.54 Å². The molecule has 0 unspecified atom stereocenters. The predicted molar refractivity (Wildman–Crippen MR) is 111 cm³/mol. The Morgan fingerprint density at radius 3 is 1.96 bits per heavy atom. The first-order chi connectivity index (χ1) is 13.0. The van der Waals surface area contributed by atoms with E-state index >= 15 is 0 Å². The van der Waals surface area contributed by atoms with Crippen molar-refractivity contribution in [3.63, 3.8) is 0 Å². The summed E-state index contributed by atoms with van der Waals surface area (Å²) in [6, 6.07) is 8.97. The number of hydrogen-bond acceptors (Lipinski definition) is 1. The molecule has 1 aromatic carbocycles. The SMILES string of the molecule is CC[C@@H](C)c1ccc([C@H](CC)NC(=O)NC23CC4CC(CC(C4)C2)C3)cc1. The summed E-state index contributed by atoms with van der Waals surface area (Å²) in [7, 11) is 0. The van der Waals surface area contributed by atoms with Gasteiger partial charge in [-0.2, -0.15) is 0 Å². The highest BCUT2D eigenvalue weighted by atomic mass is 16.2. The van der Waals surface area contributed by atoms with Gasteiger partial charge < -0.3 is 10.6 Å². The molecule has 0 radical (unpaired) electrons. The zero-order chi connectivity index (χ0) is 19.0. The third-order valence-corrected chi connectivity index (χ3v) is 7.65. The van der Waals surface area contributed by atoms with Crippen molar-refractivity contribution >= 4 is 6.03 Å². The van der Waals surface area contributed by atoms with Crippen LogP contribution in [0.25, 0.3) is 0 Å². The molecule has 2 N–H and O–H groups in total. The van der Waals surface area contributed by atoms with Crippen molar-refractivity contribution in [3.05, 3.63) is 35.4 Å². The second kappa shape index (κ2) is 7.48. The van der Waals surface area contributed by atoms with Gasteiger partial charge in [-0.15, -0.1) is 0 Å². The van der Waals surface area contributed by atoms with Gasteiger partial charge in [-0.05, 0) is 86.2 Å². The lowest BCUT2D eigenvalue weighted by atomic mass is 9.53. The van der Waals surface area contributed by atoms with Gasteiger partial charge in [-0.25, -0.2) is 4.79 Å². The van der Waals surface area contributed by atoms with E-state index in [9.17, 15) is 4.79 Å².